The summed E-state index contributed by atoms with van der Waals surface area (Å²) >= 11 is 0. The zero-order chi connectivity index (χ0) is 18.0. The predicted molar refractivity (Wildman–Crippen MR) is 89.1 cm³/mol. The van der Waals surface area contributed by atoms with Crippen LogP contribution in [0.2, 0.25) is 0 Å². The number of urea groups is 1. The number of carbonyl (C=O) groups is 3. The average Bonchev–Trinajstić information content (AvgIpc) is 2.64. The number of carboxylic acid groups (broad SMARTS) is 1. The number of piperidine rings is 2. The Morgan fingerprint density at radius 2 is 1.68 bits per heavy atom. The molecule has 3 aliphatic heterocycles. The topological polar surface area (TPSA) is 90.4 Å². The van der Waals surface area contributed by atoms with Crippen LogP contribution in [-0.4, -0.2) is 89.7 Å². The molecule has 3 rings (SSSR count). The van der Waals surface area contributed by atoms with Gasteiger partial charge in [-0.15, -0.1) is 0 Å². The Labute approximate surface area is 147 Å². The van der Waals surface area contributed by atoms with Gasteiger partial charge in [-0.2, -0.15) is 0 Å². The first-order chi connectivity index (χ1) is 11.9. The second kappa shape index (κ2) is 7.19. The summed E-state index contributed by atoms with van der Waals surface area (Å²) in [4.78, 5) is 41.2. The van der Waals surface area contributed by atoms with E-state index in [1.54, 1.807) is 6.92 Å². The van der Waals surface area contributed by atoms with Crippen LogP contribution in [0.3, 0.4) is 0 Å². The predicted octanol–water partition coefficient (Wildman–Crippen LogP) is 0.616. The van der Waals surface area contributed by atoms with Crippen LogP contribution < -0.4 is 0 Å². The second-order valence-electron chi connectivity index (χ2n) is 7.40. The number of morpholine rings is 1. The summed E-state index contributed by atoms with van der Waals surface area (Å²) in [5.41, 5.74) is -0.0561. The van der Waals surface area contributed by atoms with Crippen LogP contribution in [0, 0.1) is 5.41 Å². The minimum Gasteiger partial charge on any atom is -0.480 e. The minimum absolute atomic E-state index is 0.0561. The van der Waals surface area contributed by atoms with Gasteiger partial charge >= 0.3 is 12.0 Å². The molecule has 0 aliphatic carbocycles. The van der Waals surface area contributed by atoms with E-state index in [4.69, 9.17) is 4.74 Å². The van der Waals surface area contributed by atoms with Crippen molar-refractivity contribution in [1.82, 2.24) is 14.7 Å². The third kappa shape index (κ3) is 3.73. The lowest BCUT2D eigenvalue weighted by Crippen LogP contribution is -2.57. The molecular formula is C17H27N3O5. The third-order valence-corrected chi connectivity index (χ3v) is 5.90. The summed E-state index contributed by atoms with van der Waals surface area (Å²) < 4.78 is 5.29. The third-order valence-electron chi connectivity index (χ3n) is 5.90. The van der Waals surface area contributed by atoms with Crippen molar-refractivity contribution in [3.63, 3.8) is 0 Å². The first-order valence-corrected chi connectivity index (χ1v) is 9.06. The van der Waals surface area contributed by atoms with E-state index in [-0.39, 0.29) is 17.4 Å². The van der Waals surface area contributed by atoms with Crippen LogP contribution in [0.4, 0.5) is 4.79 Å². The molecule has 3 saturated heterocycles. The second-order valence-corrected chi connectivity index (χ2v) is 7.40. The molecule has 0 saturated carbocycles. The highest BCUT2D eigenvalue weighted by Crippen LogP contribution is 2.41. The van der Waals surface area contributed by atoms with Crippen molar-refractivity contribution in [2.45, 2.75) is 38.6 Å². The molecule has 0 aromatic rings. The standard InChI is InChI=1S/C17H27N3O5/c1-13(15(22)23)20-12-17(3-2-14(20)21)4-6-18(7-5-17)16(24)19-8-10-25-11-9-19/h13H,2-12H2,1H3,(H,22,23). The van der Waals surface area contributed by atoms with Crippen LogP contribution in [0.25, 0.3) is 0 Å². The number of rotatable bonds is 2. The van der Waals surface area contributed by atoms with E-state index in [1.807, 2.05) is 9.80 Å². The fraction of sp³-hybridized carbons (Fsp3) is 0.824. The molecule has 0 aromatic heterocycles. The molecule has 8 nitrogen and oxygen atoms in total. The molecule has 3 fully saturated rings. The van der Waals surface area contributed by atoms with E-state index in [1.165, 1.54) is 4.90 Å². The van der Waals surface area contributed by atoms with E-state index in [0.29, 0.717) is 52.4 Å². The maximum absolute atomic E-state index is 12.6. The van der Waals surface area contributed by atoms with Crippen molar-refractivity contribution >= 4 is 17.9 Å². The summed E-state index contributed by atoms with van der Waals surface area (Å²) in [6.07, 6.45) is 2.82. The summed E-state index contributed by atoms with van der Waals surface area (Å²) in [6.45, 7) is 5.84. The Hall–Kier alpha value is -1.83. The van der Waals surface area contributed by atoms with Crippen LogP contribution in [0.15, 0.2) is 0 Å². The molecule has 1 unspecified atom stereocenters. The smallest absolute Gasteiger partial charge is 0.326 e. The number of hydrogen-bond donors (Lipinski definition) is 1. The number of nitrogens with zero attached hydrogens (tertiary/aromatic N) is 3. The van der Waals surface area contributed by atoms with E-state index in [9.17, 15) is 19.5 Å². The molecule has 25 heavy (non-hydrogen) atoms. The maximum atomic E-state index is 12.6. The van der Waals surface area contributed by atoms with Gasteiger partial charge in [0.15, 0.2) is 0 Å². The molecule has 0 aromatic carbocycles. The molecule has 0 radical (unpaired) electrons. The van der Waals surface area contributed by atoms with E-state index >= 15 is 0 Å². The van der Waals surface area contributed by atoms with E-state index in [2.05, 4.69) is 0 Å². The fourth-order valence-corrected chi connectivity index (χ4v) is 4.07. The van der Waals surface area contributed by atoms with Gasteiger partial charge in [-0.05, 0) is 31.6 Å². The summed E-state index contributed by atoms with van der Waals surface area (Å²) in [5, 5.41) is 9.24. The molecule has 3 heterocycles. The molecule has 140 valence electrons. The molecule has 1 N–H and O–H groups in total. The lowest BCUT2D eigenvalue weighted by Gasteiger charge is -2.48. The quantitative estimate of drug-likeness (QED) is 0.786. The molecular weight excluding hydrogens is 326 g/mol. The highest BCUT2D eigenvalue weighted by atomic mass is 16.5. The molecule has 0 bridgehead atoms. The van der Waals surface area contributed by atoms with E-state index < -0.39 is 12.0 Å². The van der Waals surface area contributed by atoms with Crippen molar-refractivity contribution in [3.05, 3.63) is 0 Å². The number of amides is 3. The first kappa shape index (κ1) is 18.0. The highest BCUT2D eigenvalue weighted by Gasteiger charge is 2.44. The van der Waals surface area contributed by atoms with Crippen molar-refractivity contribution in [2.75, 3.05) is 45.9 Å². The number of hydrogen-bond acceptors (Lipinski definition) is 4. The summed E-state index contributed by atoms with van der Waals surface area (Å²) in [6, 6.07) is -0.724. The highest BCUT2D eigenvalue weighted by molar-refractivity contribution is 5.84. The van der Waals surface area contributed by atoms with Gasteiger partial charge in [0.05, 0.1) is 13.2 Å². The summed E-state index contributed by atoms with van der Waals surface area (Å²) in [7, 11) is 0. The molecule has 1 atom stereocenters. The number of carboxylic acids is 1. The van der Waals surface area contributed by atoms with Crippen LogP contribution in [0.5, 0.6) is 0 Å². The zero-order valence-electron chi connectivity index (χ0n) is 14.8. The Morgan fingerprint density at radius 1 is 1.08 bits per heavy atom. The number of aliphatic carboxylic acids is 1. The average molecular weight is 353 g/mol. The lowest BCUT2D eigenvalue weighted by atomic mass is 9.72. The SMILES string of the molecule is CC(C(=O)O)N1CC2(CCC1=O)CCN(C(=O)N1CCOCC1)CC2. The monoisotopic (exact) mass is 353 g/mol. The van der Waals surface area contributed by atoms with Gasteiger partial charge in [-0.1, -0.05) is 0 Å². The van der Waals surface area contributed by atoms with Crippen LogP contribution in [0.1, 0.15) is 32.6 Å². The Balaban J connectivity index is 1.59. The van der Waals surface area contributed by atoms with Crippen LogP contribution >= 0.6 is 0 Å². The fourth-order valence-electron chi connectivity index (χ4n) is 4.07. The number of likely N-dealkylation sites (tertiary alicyclic amines) is 2. The van der Waals surface area contributed by atoms with Crippen molar-refractivity contribution in [3.8, 4) is 0 Å². The Kier molecular flexibility index (Phi) is 5.17. The van der Waals surface area contributed by atoms with Gasteiger partial charge in [-0.25, -0.2) is 9.59 Å². The zero-order valence-corrected chi connectivity index (χ0v) is 14.8. The Bertz CT molecular complexity index is 538. The van der Waals surface area contributed by atoms with Gasteiger partial charge in [0, 0.05) is 39.1 Å². The molecule has 8 heteroatoms. The minimum atomic E-state index is -0.967. The van der Waals surface area contributed by atoms with Gasteiger partial charge in [0.2, 0.25) is 5.91 Å². The first-order valence-electron chi connectivity index (χ1n) is 9.06. The van der Waals surface area contributed by atoms with Gasteiger partial charge in [-0.3, -0.25) is 4.79 Å². The molecule has 3 amide bonds. The largest absolute Gasteiger partial charge is 0.480 e. The lowest BCUT2D eigenvalue weighted by molar-refractivity contribution is -0.154. The molecule has 3 aliphatic rings. The van der Waals surface area contributed by atoms with E-state index in [0.717, 1.165) is 19.3 Å². The maximum Gasteiger partial charge on any atom is 0.326 e. The normalized spacial score (nSPS) is 25.2. The number of ether oxygens (including phenoxy) is 1. The van der Waals surface area contributed by atoms with Crippen molar-refractivity contribution < 1.29 is 24.2 Å². The van der Waals surface area contributed by atoms with Gasteiger partial charge in [0.1, 0.15) is 6.04 Å². The van der Waals surface area contributed by atoms with Crippen molar-refractivity contribution in [1.29, 1.82) is 0 Å². The van der Waals surface area contributed by atoms with Crippen molar-refractivity contribution in [2.24, 2.45) is 5.41 Å². The summed E-state index contributed by atoms with van der Waals surface area (Å²) in [5.74, 6) is -1.04. The van der Waals surface area contributed by atoms with Gasteiger partial charge in [0.25, 0.3) is 0 Å². The molecule has 1 spiro atoms. The Morgan fingerprint density at radius 3 is 2.28 bits per heavy atom. The van der Waals surface area contributed by atoms with Gasteiger partial charge < -0.3 is 24.5 Å². The van der Waals surface area contributed by atoms with Crippen LogP contribution in [-0.2, 0) is 14.3 Å². The number of carbonyl (C=O) groups excluding carboxylic acids is 2.